The summed E-state index contributed by atoms with van der Waals surface area (Å²) in [5.74, 6) is 0.926. The number of amides is 1. The van der Waals surface area contributed by atoms with Crippen molar-refractivity contribution in [2.45, 2.75) is 59.2 Å². The Hall–Kier alpha value is -3.78. The summed E-state index contributed by atoms with van der Waals surface area (Å²) in [6, 6.07) is 14.4. The summed E-state index contributed by atoms with van der Waals surface area (Å²) in [6.07, 6.45) is 7.15. The quantitative estimate of drug-likeness (QED) is 0.325. The molecule has 0 atom stereocenters. The standard InChI is InChI=1S/C29H35N7O/c1-3-27-32-21(2)25(33-27)20-35-17-13-26-24(19-35)28(34-36(26)18-23-11-15-30-16-12-23)29(37)31-14-7-10-22-8-5-4-6-9-22/h4-6,8-9,11-12,15-16H,3,7,10,13-14,17-20H2,1-2H3,(H,31,37)(H,32,33). The number of aromatic amines is 1. The molecule has 0 spiro atoms. The number of H-pyrrole nitrogens is 1. The minimum atomic E-state index is -0.0936. The van der Waals surface area contributed by atoms with Gasteiger partial charge in [-0.1, -0.05) is 37.3 Å². The summed E-state index contributed by atoms with van der Waals surface area (Å²) in [5.41, 5.74) is 7.33. The summed E-state index contributed by atoms with van der Waals surface area (Å²) >= 11 is 0. The van der Waals surface area contributed by atoms with Crippen molar-refractivity contribution in [2.75, 3.05) is 13.1 Å². The number of aryl methyl sites for hydroxylation is 3. The van der Waals surface area contributed by atoms with Crippen molar-refractivity contribution in [1.29, 1.82) is 0 Å². The Kier molecular flexibility index (Phi) is 7.75. The van der Waals surface area contributed by atoms with Crippen LogP contribution in [0, 0.1) is 6.92 Å². The van der Waals surface area contributed by atoms with Crippen molar-refractivity contribution in [3.8, 4) is 0 Å². The van der Waals surface area contributed by atoms with Crippen LogP contribution in [0.5, 0.6) is 0 Å². The number of imidazole rings is 1. The van der Waals surface area contributed by atoms with Gasteiger partial charge >= 0.3 is 0 Å². The lowest BCUT2D eigenvalue weighted by molar-refractivity contribution is 0.0945. The van der Waals surface area contributed by atoms with Crippen molar-refractivity contribution < 1.29 is 4.79 Å². The molecule has 1 aromatic carbocycles. The Balaban J connectivity index is 1.32. The van der Waals surface area contributed by atoms with E-state index in [2.05, 4.69) is 58.3 Å². The number of hydrogen-bond acceptors (Lipinski definition) is 5. The number of benzene rings is 1. The van der Waals surface area contributed by atoms with Gasteiger partial charge in [-0.05, 0) is 43.0 Å². The number of aromatic nitrogens is 5. The Morgan fingerprint density at radius 1 is 1.08 bits per heavy atom. The Morgan fingerprint density at radius 2 is 1.89 bits per heavy atom. The van der Waals surface area contributed by atoms with Crippen molar-refractivity contribution in [1.82, 2.24) is 34.9 Å². The molecular weight excluding hydrogens is 462 g/mol. The van der Waals surface area contributed by atoms with Crippen LogP contribution in [0.4, 0.5) is 0 Å². The molecule has 8 nitrogen and oxygen atoms in total. The molecule has 1 aliphatic heterocycles. The van der Waals surface area contributed by atoms with E-state index in [0.29, 0.717) is 25.3 Å². The monoisotopic (exact) mass is 497 g/mol. The molecule has 37 heavy (non-hydrogen) atoms. The number of hydrogen-bond donors (Lipinski definition) is 2. The van der Waals surface area contributed by atoms with Crippen LogP contribution < -0.4 is 5.32 Å². The van der Waals surface area contributed by atoms with E-state index in [4.69, 9.17) is 10.1 Å². The molecule has 0 bridgehead atoms. The van der Waals surface area contributed by atoms with Crippen molar-refractivity contribution in [3.63, 3.8) is 0 Å². The van der Waals surface area contributed by atoms with Crippen LogP contribution in [0.15, 0.2) is 54.9 Å². The van der Waals surface area contributed by atoms with Gasteiger partial charge in [0.2, 0.25) is 0 Å². The largest absolute Gasteiger partial charge is 0.351 e. The van der Waals surface area contributed by atoms with Crippen LogP contribution in [-0.4, -0.2) is 48.6 Å². The van der Waals surface area contributed by atoms with Gasteiger partial charge in [-0.2, -0.15) is 5.10 Å². The highest BCUT2D eigenvalue weighted by Crippen LogP contribution is 2.25. The zero-order chi connectivity index (χ0) is 25.6. The maximum atomic E-state index is 13.3. The highest BCUT2D eigenvalue weighted by molar-refractivity contribution is 5.94. The molecule has 0 radical (unpaired) electrons. The summed E-state index contributed by atoms with van der Waals surface area (Å²) in [6.45, 7) is 7.79. The van der Waals surface area contributed by atoms with Gasteiger partial charge in [0.1, 0.15) is 5.82 Å². The van der Waals surface area contributed by atoms with Crippen LogP contribution in [-0.2, 0) is 38.9 Å². The van der Waals surface area contributed by atoms with E-state index < -0.39 is 0 Å². The molecule has 5 rings (SSSR count). The van der Waals surface area contributed by atoms with E-state index in [-0.39, 0.29) is 5.91 Å². The SMILES string of the molecule is CCc1nc(CN2CCc3c(c(C(=O)NCCCc4ccccc4)nn3Cc3ccncc3)C2)c(C)[nH]1. The van der Waals surface area contributed by atoms with Crippen molar-refractivity contribution in [2.24, 2.45) is 0 Å². The summed E-state index contributed by atoms with van der Waals surface area (Å²) in [7, 11) is 0. The molecule has 0 fully saturated rings. The van der Waals surface area contributed by atoms with Crippen LogP contribution in [0.2, 0.25) is 0 Å². The normalized spacial score (nSPS) is 13.5. The molecule has 1 amide bonds. The number of pyridine rings is 1. The molecule has 2 N–H and O–H groups in total. The topological polar surface area (TPSA) is 91.7 Å². The third-order valence-corrected chi connectivity index (χ3v) is 7.02. The first-order valence-electron chi connectivity index (χ1n) is 13.2. The van der Waals surface area contributed by atoms with Gasteiger partial charge in [-0.3, -0.25) is 19.4 Å². The molecule has 1 aliphatic rings. The molecule has 0 aliphatic carbocycles. The average Bonchev–Trinajstić information content (AvgIpc) is 3.47. The lowest BCUT2D eigenvalue weighted by Crippen LogP contribution is -2.33. The highest BCUT2D eigenvalue weighted by Gasteiger charge is 2.28. The number of nitrogens with one attached hydrogen (secondary N) is 2. The molecule has 0 saturated carbocycles. The van der Waals surface area contributed by atoms with Crippen molar-refractivity contribution >= 4 is 5.91 Å². The van der Waals surface area contributed by atoms with Crippen LogP contribution in [0.1, 0.15) is 63.4 Å². The average molecular weight is 498 g/mol. The molecule has 0 saturated heterocycles. The zero-order valence-corrected chi connectivity index (χ0v) is 21.7. The number of rotatable bonds is 10. The van der Waals surface area contributed by atoms with Crippen LogP contribution >= 0.6 is 0 Å². The van der Waals surface area contributed by atoms with E-state index in [1.54, 1.807) is 12.4 Å². The molecule has 8 heteroatoms. The van der Waals surface area contributed by atoms with E-state index in [0.717, 1.165) is 72.8 Å². The molecular formula is C29H35N7O. The Morgan fingerprint density at radius 3 is 2.65 bits per heavy atom. The first kappa shape index (κ1) is 24.9. The fourth-order valence-electron chi connectivity index (χ4n) is 4.98. The van der Waals surface area contributed by atoms with Gasteiger partial charge in [0, 0.05) is 68.4 Å². The van der Waals surface area contributed by atoms with Gasteiger partial charge < -0.3 is 10.3 Å². The second-order valence-corrected chi connectivity index (χ2v) is 9.70. The number of fused-ring (bicyclic) bond motifs is 1. The van der Waals surface area contributed by atoms with E-state index in [9.17, 15) is 4.79 Å². The molecule has 4 heterocycles. The predicted octanol–water partition coefficient (Wildman–Crippen LogP) is 3.84. The fourth-order valence-corrected chi connectivity index (χ4v) is 4.98. The van der Waals surface area contributed by atoms with Crippen LogP contribution in [0.25, 0.3) is 0 Å². The third-order valence-electron chi connectivity index (χ3n) is 7.02. The highest BCUT2D eigenvalue weighted by atomic mass is 16.1. The van der Waals surface area contributed by atoms with Gasteiger partial charge in [-0.15, -0.1) is 0 Å². The van der Waals surface area contributed by atoms with Gasteiger partial charge in [0.05, 0.1) is 12.2 Å². The van der Waals surface area contributed by atoms with E-state index in [1.807, 2.05) is 22.9 Å². The first-order valence-corrected chi connectivity index (χ1v) is 13.2. The van der Waals surface area contributed by atoms with E-state index in [1.165, 1.54) is 5.56 Å². The zero-order valence-electron chi connectivity index (χ0n) is 21.7. The van der Waals surface area contributed by atoms with E-state index >= 15 is 0 Å². The summed E-state index contributed by atoms with van der Waals surface area (Å²) in [5, 5.41) is 7.96. The summed E-state index contributed by atoms with van der Waals surface area (Å²) in [4.78, 5) is 28.0. The Bertz CT molecular complexity index is 1330. The predicted molar refractivity (Wildman–Crippen MR) is 143 cm³/mol. The molecule has 4 aromatic rings. The maximum Gasteiger partial charge on any atom is 0.272 e. The minimum absolute atomic E-state index is 0.0936. The number of carbonyl (C=O) groups is 1. The minimum Gasteiger partial charge on any atom is -0.351 e. The smallest absolute Gasteiger partial charge is 0.272 e. The lowest BCUT2D eigenvalue weighted by atomic mass is 10.0. The second kappa shape index (κ2) is 11.5. The molecule has 0 unspecified atom stereocenters. The third kappa shape index (κ3) is 5.97. The number of nitrogens with zero attached hydrogens (tertiary/aromatic N) is 5. The van der Waals surface area contributed by atoms with Crippen LogP contribution in [0.3, 0.4) is 0 Å². The lowest BCUT2D eigenvalue weighted by Gasteiger charge is -2.27. The fraction of sp³-hybridized carbons (Fsp3) is 0.379. The molecule has 3 aromatic heterocycles. The molecule has 192 valence electrons. The Labute approximate surface area is 218 Å². The van der Waals surface area contributed by atoms with Gasteiger partial charge in [0.15, 0.2) is 5.69 Å². The van der Waals surface area contributed by atoms with Gasteiger partial charge in [0.25, 0.3) is 5.91 Å². The van der Waals surface area contributed by atoms with Crippen molar-refractivity contribution in [3.05, 3.63) is 100 Å². The maximum absolute atomic E-state index is 13.3. The number of carbonyl (C=O) groups excluding carboxylic acids is 1. The summed E-state index contributed by atoms with van der Waals surface area (Å²) < 4.78 is 2.01. The second-order valence-electron chi connectivity index (χ2n) is 9.70. The first-order chi connectivity index (χ1) is 18.1. The van der Waals surface area contributed by atoms with Gasteiger partial charge in [-0.25, -0.2) is 4.98 Å².